The Kier molecular flexibility index (Phi) is 6.86. The van der Waals surface area contributed by atoms with Crippen LogP contribution in [0.25, 0.3) is 0 Å². The lowest BCUT2D eigenvalue weighted by Crippen LogP contribution is -2.72. The number of nitrogens with one attached hydrogen (secondary N) is 1. The van der Waals surface area contributed by atoms with E-state index >= 15 is 0 Å². The Morgan fingerprint density at radius 2 is 1.88 bits per heavy atom. The Bertz CT molecular complexity index is 463. The fourth-order valence-electron chi connectivity index (χ4n) is 3.41. The number of hydrogen-bond donors (Lipinski definition) is 1. The zero-order chi connectivity index (χ0) is 17.5. The van der Waals surface area contributed by atoms with Gasteiger partial charge in [-0.05, 0) is 32.7 Å². The average Bonchev–Trinajstić information content (AvgIpc) is 2.83. The molecule has 0 saturated carbocycles. The van der Waals surface area contributed by atoms with Gasteiger partial charge >= 0.3 is 6.18 Å². The Balaban J connectivity index is 0.00000288. The lowest BCUT2D eigenvalue weighted by Gasteiger charge is -2.62. The molecular weight excluding hydrogens is 432 g/mol. The van der Waals surface area contributed by atoms with Crippen LogP contribution in [0, 0.1) is 11.3 Å². The fraction of sp³-hybridized carbons (Fsp3) is 0.938. The maximum absolute atomic E-state index is 12.4. The molecule has 2 aliphatic heterocycles. The number of alkyl halides is 3. The Morgan fingerprint density at radius 1 is 1.25 bits per heavy atom. The molecule has 4 nitrogen and oxygen atoms in total. The van der Waals surface area contributed by atoms with E-state index in [4.69, 9.17) is 0 Å². The van der Waals surface area contributed by atoms with Gasteiger partial charge in [0.1, 0.15) is 0 Å². The maximum Gasteiger partial charge on any atom is 0.401 e. The molecule has 24 heavy (non-hydrogen) atoms. The molecule has 2 rings (SSSR count). The maximum atomic E-state index is 12.4. The molecule has 2 heterocycles. The minimum atomic E-state index is -4.11. The molecule has 0 amide bonds. The third-order valence-corrected chi connectivity index (χ3v) is 5.67. The summed E-state index contributed by atoms with van der Waals surface area (Å²) in [5, 5.41) is 3.36. The molecule has 1 atom stereocenters. The van der Waals surface area contributed by atoms with E-state index in [1.54, 1.807) is 7.05 Å². The van der Waals surface area contributed by atoms with E-state index in [9.17, 15) is 13.2 Å². The highest BCUT2D eigenvalue weighted by Gasteiger charge is 2.53. The lowest BCUT2D eigenvalue weighted by molar-refractivity contribution is -0.143. The molecule has 2 aliphatic rings. The third kappa shape index (κ3) is 4.68. The Labute approximate surface area is 160 Å². The van der Waals surface area contributed by atoms with Crippen molar-refractivity contribution in [1.82, 2.24) is 15.1 Å². The van der Waals surface area contributed by atoms with Gasteiger partial charge < -0.3 is 10.2 Å². The van der Waals surface area contributed by atoms with Crippen molar-refractivity contribution in [1.29, 1.82) is 0 Å². The van der Waals surface area contributed by atoms with Crippen LogP contribution in [0.3, 0.4) is 0 Å². The van der Waals surface area contributed by atoms with E-state index in [1.807, 2.05) is 0 Å². The molecule has 8 heteroatoms. The molecule has 0 spiro atoms. The second-order valence-corrected chi connectivity index (χ2v) is 7.96. The highest BCUT2D eigenvalue weighted by atomic mass is 127. The second-order valence-electron chi connectivity index (χ2n) is 7.96. The van der Waals surface area contributed by atoms with Crippen LogP contribution in [0.2, 0.25) is 0 Å². The van der Waals surface area contributed by atoms with E-state index in [2.05, 4.69) is 42.9 Å². The van der Waals surface area contributed by atoms with Gasteiger partial charge in [-0.15, -0.1) is 24.0 Å². The first-order chi connectivity index (χ1) is 10.5. The van der Waals surface area contributed by atoms with Crippen molar-refractivity contribution in [3.05, 3.63) is 0 Å². The summed E-state index contributed by atoms with van der Waals surface area (Å²) in [4.78, 5) is 8.09. The minimum absolute atomic E-state index is 0. The summed E-state index contributed by atoms with van der Waals surface area (Å²) in [6.07, 6.45) is -3.31. The van der Waals surface area contributed by atoms with Gasteiger partial charge in [-0.25, -0.2) is 0 Å². The van der Waals surface area contributed by atoms with Crippen LogP contribution in [0.15, 0.2) is 4.99 Å². The first-order valence-electron chi connectivity index (χ1n) is 8.24. The van der Waals surface area contributed by atoms with Crippen LogP contribution in [-0.4, -0.2) is 67.2 Å². The number of aliphatic imine (C=N–C) groups is 1. The average molecular weight is 462 g/mol. The fourth-order valence-corrected chi connectivity index (χ4v) is 3.41. The molecule has 0 aromatic rings. The molecule has 1 N–H and O–H groups in total. The van der Waals surface area contributed by atoms with Crippen molar-refractivity contribution in [2.75, 3.05) is 39.8 Å². The van der Waals surface area contributed by atoms with Gasteiger partial charge in [-0.1, -0.05) is 13.8 Å². The quantitative estimate of drug-likeness (QED) is 0.397. The van der Waals surface area contributed by atoms with Crippen LogP contribution in [0.5, 0.6) is 0 Å². The highest BCUT2D eigenvalue weighted by Crippen LogP contribution is 2.46. The smallest absolute Gasteiger partial charge is 0.356 e. The molecule has 0 aromatic carbocycles. The van der Waals surface area contributed by atoms with Crippen LogP contribution >= 0.6 is 24.0 Å². The van der Waals surface area contributed by atoms with Gasteiger partial charge in [0, 0.05) is 37.6 Å². The molecule has 142 valence electrons. The minimum Gasteiger partial charge on any atom is -0.356 e. The van der Waals surface area contributed by atoms with Crippen molar-refractivity contribution in [2.45, 2.75) is 45.8 Å². The Hall–Kier alpha value is -0.250. The van der Waals surface area contributed by atoms with Gasteiger partial charge in [0.05, 0.1) is 6.54 Å². The summed E-state index contributed by atoms with van der Waals surface area (Å²) in [7, 11) is 1.76. The summed E-state index contributed by atoms with van der Waals surface area (Å²) in [5.41, 5.74) is 0.244. The topological polar surface area (TPSA) is 30.9 Å². The van der Waals surface area contributed by atoms with Gasteiger partial charge in [0.2, 0.25) is 0 Å². The molecule has 2 fully saturated rings. The number of likely N-dealkylation sites (tertiary alicyclic amines) is 2. The molecule has 0 aromatic heterocycles. The monoisotopic (exact) mass is 462 g/mol. The van der Waals surface area contributed by atoms with Crippen molar-refractivity contribution in [3.8, 4) is 0 Å². The van der Waals surface area contributed by atoms with Gasteiger partial charge in [-0.3, -0.25) is 9.89 Å². The van der Waals surface area contributed by atoms with Gasteiger partial charge in [0.15, 0.2) is 5.96 Å². The zero-order valence-corrected chi connectivity index (χ0v) is 17.5. The first-order valence-corrected chi connectivity index (χ1v) is 8.24. The van der Waals surface area contributed by atoms with E-state index in [0.717, 1.165) is 18.9 Å². The van der Waals surface area contributed by atoms with E-state index < -0.39 is 12.7 Å². The van der Waals surface area contributed by atoms with Crippen LogP contribution in [-0.2, 0) is 0 Å². The normalized spacial score (nSPS) is 26.8. The summed E-state index contributed by atoms with van der Waals surface area (Å²) in [6.45, 7) is 10.7. The predicted molar refractivity (Wildman–Crippen MR) is 102 cm³/mol. The first kappa shape index (κ1) is 21.8. The number of rotatable bonds is 3. The zero-order valence-electron chi connectivity index (χ0n) is 15.2. The third-order valence-electron chi connectivity index (χ3n) is 5.67. The van der Waals surface area contributed by atoms with E-state index in [0.29, 0.717) is 19.6 Å². The number of guanidine groups is 1. The van der Waals surface area contributed by atoms with Crippen LogP contribution in [0.4, 0.5) is 13.2 Å². The second kappa shape index (κ2) is 7.55. The predicted octanol–water partition coefficient (Wildman–Crippen LogP) is 3.18. The van der Waals surface area contributed by atoms with E-state index in [1.165, 1.54) is 4.90 Å². The molecule has 0 bridgehead atoms. The van der Waals surface area contributed by atoms with Crippen molar-refractivity contribution < 1.29 is 13.2 Å². The van der Waals surface area contributed by atoms with Crippen LogP contribution in [0.1, 0.15) is 34.1 Å². The highest BCUT2D eigenvalue weighted by molar-refractivity contribution is 14.0. The van der Waals surface area contributed by atoms with Crippen molar-refractivity contribution in [2.24, 2.45) is 16.3 Å². The standard InChI is InChI=1S/C16H29F3N4.HI/c1-14(2)10-23(15(14,3)4)13(20-5)21-8-12-6-7-22(9-12)11-16(17,18)19;/h12H,6-11H2,1-5H3,(H,20,21);1H. The summed E-state index contributed by atoms with van der Waals surface area (Å²) < 4.78 is 37.3. The summed E-state index contributed by atoms with van der Waals surface area (Å²) >= 11 is 0. The van der Waals surface area contributed by atoms with Crippen molar-refractivity contribution >= 4 is 29.9 Å². The molecule has 1 unspecified atom stereocenters. The van der Waals surface area contributed by atoms with E-state index in [-0.39, 0.29) is 40.8 Å². The summed E-state index contributed by atoms with van der Waals surface area (Å²) in [6, 6.07) is 0. The Morgan fingerprint density at radius 3 is 2.33 bits per heavy atom. The van der Waals surface area contributed by atoms with Gasteiger partial charge in [-0.2, -0.15) is 13.2 Å². The molecule has 0 aliphatic carbocycles. The SMILES string of the molecule is CN=C(NCC1CCN(CC(F)(F)F)C1)N1CC(C)(C)C1(C)C.I. The largest absolute Gasteiger partial charge is 0.401 e. The molecular formula is C16H30F3IN4. The van der Waals surface area contributed by atoms with Crippen molar-refractivity contribution in [3.63, 3.8) is 0 Å². The number of halogens is 4. The number of nitrogens with zero attached hydrogens (tertiary/aromatic N) is 3. The summed E-state index contributed by atoms with van der Waals surface area (Å²) in [5.74, 6) is 1.09. The van der Waals surface area contributed by atoms with Gasteiger partial charge in [0.25, 0.3) is 0 Å². The number of hydrogen-bond acceptors (Lipinski definition) is 2. The molecule has 0 radical (unpaired) electrons. The van der Waals surface area contributed by atoms with Crippen LogP contribution < -0.4 is 5.32 Å². The molecule has 2 saturated heterocycles. The lowest BCUT2D eigenvalue weighted by atomic mass is 9.65.